The van der Waals surface area contributed by atoms with Crippen molar-refractivity contribution in [2.75, 3.05) is 39.2 Å². The molecule has 0 radical (unpaired) electrons. The number of hydrogen-bond donors (Lipinski definition) is 2. The molecule has 1 aliphatic heterocycles. The molecule has 30 heavy (non-hydrogen) atoms. The maximum absolute atomic E-state index is 12.5. The first-order chi connectivity index (χ1) is 14.5. The van der Waals surface area contributed by atoms with Gasteiger partial charge in [-0.2, -0.15) is 5.26 Å². The van der Waals surface area contributed by atoms with E-state index < -0.39 is 0 Å². The SMILES string of the molecule is COc1cc2c(cc1OC)CN(C(=O)CNCC(=O)Nc1ccc(C#N)cc1)CC2. The van der Waals surface area contributed by atoms with Crippen LogP contribution in [0.4, 0.5) is 5.69 Å². The van der Waals surface area contributed by atoms with Gasteiger partial charge in [-0.05, 0) is 53.9 Å². The average molecular weight is 408 g/mol. The molecule has 1 heterocycles. The van der Waals surface area contributed by atoms with Gasteiger partial charge in [-0.25, -0.2) is 0 Å². The minimum Gasteiger partial charge on any atom is -0.493 e. The van der Waals surface area contributed by atoms with Crippen LogP contribution >= 0.6 is 0 Å². The lowest BCUT2D eigenvalue weighted by Gasteiger charge is -2.29. The standard InChI is InChI=1S/C22H24N4O4/c1-29-19-9-16-7-8-26(14-17(16)10-20(19)30-2)22(28)13-24-12-21(27)25-18-5-3-15(11-23)4-6-18/h3-6,9-10,24H,7-8,12-14H2,1-2H3,(H,25,27). The van der Waals surface area contributed by atoms with Gasteiger partial charge in [0.2, 0.25) is 11.8 Å². The molecule has 8 nitrogen and oxygen atoms in total. The summed E-state index contributed by atoms with van der Waals surface area (Å²) in [4.78, 5) is 26.3. The zero-order valence-electron chi connectivity index (χ0n) is 17.0. The third-order valence-electron chi connectivity index (χ3n) is 4.93. The summed E-state index contributed by atoms with van der Waals surface area (Å²) in [5.74, 6) is 1.00. The van der Waals surface area contributed by atoms with Crippen LogP contribution in [-0.2, 0) is 22.6 Å². The minimum atomic E-state index is -0.256. The van der Waals surface area contributed by atoms with Crippen molar-refractivity contribution in [2.45, 2.75) is 13.0 Å². The Balaban J connectivity index is 1.48. The number of fused-ring (bicyclic) bond motifs is 1. The highest BCUT2D eigenvalue weighted by molar-refractivity contribution is 5.92. The van der Waals surface area contributed by atoms with Crippen molar-refractivity contribution in [3.05, 3.63) is 53.1 Å². The van der Waals surface area contributed by atoms with Crippen molar-refractivity contribution in [1.82, 2.24) is 10.2 Å². The summed E-state index contributed by atoms with van der Waals surface area (Å²) in [5, 5.41) is 14.4. The molecule has 2 amide bonds. The Kier molecular flexibility index (Phi) is 6.88. The van der Waals surface area contributed by atoms with Crippen molar-refractivity contribution in [2.24, 2.45) is 0 Å². The van der Waals surface area contributed by atoms with Crippen LogP contribution in [0.1, 0.15) is 16.7 Å². The predicted molar refractivity (Wildman–Crippen MR) is 111 cm³/mol. The van der Waals surface area contributed by atoms with Gasteiger partial charge in [0.05, 0.1) is 38.9 Å². The van der Waals surface area contributed by atoms with E-state index in [1.165, 1.54) is 0 Å². The second kappa shape index (κ2) is 9.76. The summed E-state index contributed by atoms with van der Waals surface area (Å²) in [7, 11) is 3.19. The van der Waals surface area contributed by atoms with E-state index in [1.807, 2.05) is 18.2 Å². The number of rotatable bonds is 7. The highest BCUT2D eigenvalue weighted by Gasteiger charge is 2.22. The van der Waals surface area contributed by atoms with Gasteiger partial charge in [-0.15, -0.1) is 0 Å². The molecule has 2 aromatic carbocycles. The Morgan fingerprint density at radius 1 is 1.07 bits per heavy atom. The Hall–Kier alpha value is -3.57. The first-order valence-electron chi connectivity index (χ1n) is 9.56. The van der Waals surface area contributed by atoms with E-state index in [0.29, 0.717) is 35.8 Å². The molecule has 0 aliphatic carbocycles. The van der Waals surface area contributed by atoms with Crippen LogP contribution in [0.2, 0.25) is 0 Å². The molecule has 156 valence electrons. The molecule has 0 fully saturated rings. The van der Waals surface area contributed by atoms with Gasteiger partial charge in [0.15, 0.2) is 11.5 Å². The first-order valence-corrected chi connectivity index (χ1v) is 9.56. The summed E-state index contributed by atoms with van der Waals surface area (Å²) in [5.41, 5.74) is 3.30. The molecule has 0 spiro atoms. The van der Waals surface area contributed by atoms with Gasteiger partial charge >= 0.3 is 0 Å². The van der Waals surface area contributed by atoms with Gasteiger partial charge in [0.1, 0.15) is 0 Å². The van der Waals surface area contributed by atoms with Gasteiger partial charge < -0.3 is 19.7 Å². The first kappa shape index (κ1) is 21.1. The maximum Gasteiger partial charge on any atom is 0.238 e. The normalized spacial score (nSPS) is 12.5. The molecule has 0 saturated carbocycles. The highest BCUT2D eigenvalue weighted by atomic mass is 16.5. The van der Waals surface area contributed by atoms with E-state index in [1.54, 1.807) is 43.4 Å². The van der Waals surface area contributed by atoms with Crippen LogP contribution in [0.5, 0.6) is 11.5 Å². The topological polar surface area (TPSA) is 104 Å². The quantitative estimate of drug-likeness (QED) is 0.723. The number of nitrogens with zero attached hydrogens (tertiary/aromatic N) is 2. The number of nitriles is 1. The number of carbonyl (C=O) groups excluding carboxylic acids is 2. The van der Waals surface area contributed by atoms with Crippen molar-refractivity contribution >= 4 is 17.5 Å². The number of benzene rings is 2. The third-order valence-corrected chi connectivity index (χ3v) is 4.93. The zero-order valence-corrected chi connectivity index (χ0v) is 17.0. The summed E-state index contributed by atoms with van der Waals surface area (Å²) < 4.78 is 10.7. The molecule has 0 unspecified atom stereocenters. The van der Waals surface area contributed by atoms with Crippen LogP contribution < -0.4 is 20.1 Å². The molecule has 3 rings (SSSR count). The summed E-state index contributed by atoms with van der Waals surface area (Å²) in [6.07, 6.45) is 0.737. The van der Waals surface area contributed by atoms with Crippen molar-refractivity contribution in [1.29, 1.82) is 5.26 Å². The molecule has 0 saturated heterocycles. The smallest absolute Gasteiger partial charge is 0.238 e. The fourth-order valence-electron chi connectivity index (χ4n) is 3.32. The molecule has 2 aromatic rings. The fraction of sp³-hybridized carbons (Fsp3) is 0.318. The van der Waals surface area contributed by atoms with Crippen LogP contribution in [0, 0.1) is 11.3 Å². The van der Waals surface area contributed by atoms with Crippen LogP contribution in [0.3, 0.4) is 0 Å². The molecule has 0 aromatic heterocycles. The van der Waals surface area contributed by atoms with Gasteiger partial charge in [-0.1, -0.05) is 0 Å². The van der Waals surface area contributed by atoms with E-state index in [9.17, 15) is 9.59 Å². The van der Waals surface area contributed by atoms with E-state index in [4.69, 9.17) is 14.7 Å². The fourth-order valence-corrected chi connectivity index (χ4v) is 3.32. The molecule has 2 N–H and O–H groups in total. The largest absolute Gasteiger partial charge is 0.493 e. The summed E-state index contributed by atoms with van der Waals surface area (Å²) in [6.45, 7) is 1.19. The summed E-state index contributed by atoms with van der Waals surface area (Å²) >= 11 is 0. The number of carbonyl (C=O) groups is 2. The average Bonchev–Trinajstić information content (AvgIpc) is 2.78. The second-order valence-electron chi connectivity index (χ2n) is 6.88. The van der Waals surface area contributed by atoms with Crippen molar-refractivity contribution in [3.63, 3.8) is 0 Å². The van der Waals surface area contributed by atoms with Crippen molar-refractivity contribution < 1.29 is 19.1 Å². The summed E-state index contributed by atoms with van der Waals surface area (Å²) in [6, 6.07) is 12.5. The molecule has 1 aliphatic rings. The van der Waals surface area contributed by atoms with Crippen LogP contribution in [-0.4, -0.2) is 50.6 Å². The molecular weight excluding hydrogens is 384 g/mol. The molecule has 0 bridgehead atoms. The zero-order chi connectivity index (χ0) is 21.5. The molecule has 8 heteroatoms. The number of hydrogen-bond acceptors (Lipinski definition) is 6. The highest BCUT2D eigenvalue weighted by Crippen LogP contribution is 2.33. The van der Waals surface area contributed by atoms with Crippen LogP contribution in [0.15, 0.2) is 36.4 Å². The van der Waals surface area contributed by atoms with E-state index in [2.05, 4.69) is 10.6 Å². The van der Waals surface area contributed by atoms with Gasteiger partial charge in [0, 0.05) is 18.8 Å². The molecule has 0 atom stereocenters. The van der Waals surface area contributed by atoms with Crippen LogP contribution in [0.25, 0.3) is 0 Å². The number of ether oxygens (including phenoxy) is 2. The lowest BCUT2D eigenvalue weighted by atomic mass is 9.98. The predicted octanol–water partition coefficient (Wildman–Crippen LogP) is 1.69. The number of methoxy groups -OCH3 is 2. The lowest BCUT2D eigenvalue weighted by Crippen LogP contribution is -2.42. The van der Waals surface area contributed by atoms with E-state index >= 15 is 0 Å². The Bertz CT molecular complexity index is 966. The second-order valence-corrected chi connectivity index (χ2v) is 6.88. The molecular formula is C22H24N4O4. The van der Waals surface area contributed by atoms with E-state index in [-0.39, 0.29) is 24.9 Å². The van der Waals surface area contributed by atoms with Gasteiger partial charge in [-0.3, -0.25) is 14.9 Å². The van der Waals surface area contributed by atoms with E-state index in [0.717, 1.165) is 17.5 Å². The Labute approximate surface area is 175 Å². The number of anilines is 1. The minimum absolute atomic E-state index is 0.0151. The third kappa shape index (κ3) is 5.07. The maximum atomic E-state index is 12.5. The Morgan fingerprint density at radius 2 is 1.73 bits per heavy atom. The Morgan fingerprint density at radius 3 is 2.37 bits per heavy atom. The number of amides is 2. The lowest BCUT2D eigenvalue weighted by molar-refractivity contribution is -0.131. The van der Waals surface area contributed by atoms with Crippen molar-refractivity contribution in [3.8, 4) is 17.6 Å². The monoisotopic (exact) mass is 408 g/mol. The van der Waals surface area contributed by atoms with Gasteiger partial charge in [0.25, 0.3) is 0 Å². The number of nitrogens with one attached hydrogen (secondary N) is 2.